The molecule has 29 heavy (non-hydrogen) atoms. The summed E-state index contributed by atoms with van der Waals surface area (Å²) in [6.07, 6.45) is -0.319. The number of sulfone groups is 1. The molecular weight excluding hydrogens is 416 g/mol. The Labute approximate surface area is 170 Å². The van der Waals surface area contributed by atoms with Gasteiger partial charge in [0.25, 0.3) is 0 Å². The number of aryl methyl sites for hydroxylation is 1. The Morgan fingerprint density at radius 1 is 1.00 bits per heavy atom. The van der Waals surface area contributed by atoms with Gasteiger partial charge in [0.2, 0.25) is 19.9 Å². The Balaban J connectivity index is 1.87. The van der Waals surface area contributed by atoms with Gasteiger partial charge < -0.3 is 10.0 Å². The molecule has 0 spiro atoms. The second-order valence-corrected chi connectivity index (χ2v) is 10.5. The first-order chi connectivity index (χ1) is 13.6. The fraction of sp³-hybridized carbons (Fsp3) is 0.316. The molecule has 2 aromatic rings. The van der Waals surface area contributed by atoms with Gasteiger partial charge in [-0.15, -0.1) is 0 Å². The van der Waals surface area contributed by atoms with Crippen LogP contribution in [-0.2, 0) is 19.9 Å². The van der Waals surface area contributed by atoms with E-state index in [2.05, 4.69) is 4.72 Å². The molecule has 0 saturated carbocycles. The molecule has 0 bridgehead atoms. The van der Waals surface area contributed by atoms with Crippen molar-refractivity contribution in [2.75, 3.05) is 13.1 Å². The van der Waals surface area contributed by atoms with Crippen molar-refractivity contribution in [2.24, 2.45) is 0 Å². The standard InChI is InChI=1S/C19H22N2O6S2/c1-14-7-8-17(28(24,25)16-5-3-2-4-6-16)13-18(14)29(26,27)20-15-9-11-21(12-10-15)19(22)23/h2-8,13,15,20H,9-12H2,1H3,(H,22,23). The monoisotopic (exact) mass is 438 g/mol. The number of hydrogen-bond acceptors (Lipinski definition) is 5. The molecule has 0 radical (unpaired) electrons. The van der Waals surface area contributed by atoms with Crippen LogP contribution in [0.1, 0.15) is 18.4 Å². The summed E-state index contributed by atoms with van der Waals surface area (Å²) in [6, 6.07) is 11.4. The van der Waals surface area contributed by atoms with Crippen molar-refractivity contribution >= 4 is 26.0 Å². The van der Waals surface area contributed by atoms with Crippen LogP contribution in [0.15, 0.2) is 63.2 Å². The Morgan fingerprint density at radius 3 is 2.21 bits per heavy atom. The molecule has 156 valence electrons. The minimum atomic E-state index is -3.97. The minimum Gasteiger partial charge on any atom is -0.465 e. The van der Waals surface area contributed by atoms with Crippen molar-refractivity contribution in [1.29, 1.82) is 0 Å². The smallest absolute Gasteiger partial charge is 0.407 e. The van der Waals surface area contributed by atoms with E-state index in [1.165, 1.54) is 35.2 Å². The summed E-state index contributed by atoms with van der Waals surface area (Å²) in [7, 11) is -7.83. The summed E-state index contributed by atoms with van der Waals surface area (Å²) >= 11 is 0. The molecular formula is C19H22N2O6S2. The number of hydrogen-bond donors (Lipinski definition) is 2. The molecule has 3 rings (SSSR count). The minimum absolute atomic E-state index is 0.0844. The van der Waals surface area contributed by atoms with Gasteiger partial charge in [-0.2, -0.15) is 0 Å². The number of rotatable bonds is 5. The van der Waals surface area contributed by atoms with Gasteiger partial charge in [-0.25, -0.2) is 26.4 Å². The Kier molecular flexibility index (Phi) is 5.97. The lowest BCUT2D eigenvalue weighted by Gasteiger charge is -2.30. The molecule has 0 unspecified atom stereocenters. The molecule has 1 aliphatic rings. The van der Waals surface area contributed by atoms with Crippen molar-refractivity contribution in [3.63, 3.8) is 0 Å². The first-order valence-electron chi connectivity index (χ1n) is 9.02. The highest BCUT2D eigenvalue weighted by atomic mass is 32.2. The van der Waals surface area contributed by atoms with Gasteiger partial charge in [-0.05, 0) is 49.6 Å². The summed E-state index contributed by atoms with van der Waals surface area (Å²) < 4.78 is 54.1. The van der Waals surface area contributed by atoms with Crippen LogP contribution in [0.5, 0.6) is 0 Å². The van der Waals surface area contributed by atoms with Gasteiger partial charge in [0.05, 0.1) is 14.7 Å². The number of benzene rings is 2. The number of amides is 1. The van der Waals surface area contributed by atoms with Crippen molar-refractivity contribution in [3.8, 4) is 0 Å². The molecule has 1 amide bonds. The lowest BCUT2D eigenvalue weighted by molar-refractivity contribution is 0.131. The van der Waals surface area contributed by atoms with Crippen LogP contribution in [0, 0.1) is 6.92 Å². The van der Waals surface area contributed by atoms with Crippen LogP contribution in [0.25, 0.3) is 0 Å². The number of likely N-dealkylation sites (tertiary alicyclic amines) is 1. The zero-order chi connectivity index (χ0) is 21.2. The number of nitrogens with one attached hydrogen (secondary N) is 1. The van der Waals surface area contributed by atoms with E-state index in [0.29, 0.717) is 18.4 Å². The number of nitrogens with zero attached hydrogens (tertiary/aromatic N) is 1. The van der Waals surface area contributed by atoms with Crippen molar-refractivity contribution in [2.45, 2.75) is 40.5 Å². The van der Waals surface area contributed by atoms with E-state index >= 15 is 0 Å². The van der Waals surface area contributed by atoms with Gasteiger partial charge >= 0.3 is 6.09 Å². The Morgan fingerprint density at radius 2 is 1.62 bits per heavy atom. The summed E-state index contributed by atoms with van der Waals surface area (Å²) in [4.78, 5) is 12.1. The Hall–Kier alpha value is -2.43. The van der Waals surface area contributed by atoms with E-state index < -0.39 is 32.0 Å². The maximum Gasteiger partial charge on any atom is 0.407 e. The summed E-state index contributed by atoms with van der Waals surface area (Å²) in [6.45, 7) is 2.08. The number of carboxylic acid groups (broad SMARTS) is 1. The number of piperidine rings is 1. The third-order valence-electron chi connectivity index (χ3n) is 4.90. The van der Waals surface area contributed by atoms with Crippen LogP contribution in [0.2, 0.25) is 0 Å². The maximum absolute atomic E-state index is 12.9. The average Bonchev–Trinajstić information content (AvgIpc) is 2.68. The van der Waals surface area contributed by atoms with E-state index in [1.54, 1.807) is 25.1 Å². The van der Waals surface area contributed by atoms with E-state index in [1.807, 2.05) is 0 Å². The van der Waals surface area contributed by atoms with Crippen LogP contribution < -0.4 is 4.72 Å². The molecule has 2 aromatic carbocycles. The molecule has 1 aliphatic heterocycles. The predicted octanol–water partition coefficient (Wildman–Crippen LogP) is 2.25. The highest BCUT2D eigenvalue weighted by molar-refractivity contribution is 7.91. The lowest BCUT2D eigenvalue weighted by atomic mass is 10.1. The van der Waals surface area contributed by atoms with Gasteiger partial charge in [0.15, 0.2) is 0 Å². The molecule has 0 aliphatic carbocycles. The largest absolute Gasteiger partial charge is 0.465 e. The van der Waals surface area contributed by atoms with Crippen molar-refractivity contribution in [1.82, 2.24) is 9.62 Å². The molecule has 1 saturated heterocycles. The maximum atomic E-state index is 12.9. The molecule has 0 aromatic heterocycles. The molecule has 2 N–H and O–H groups in total. The second kappa shape index (κ2) is 8.13. The van der Waals surface area contributed by atoms with Crippen LogP contribution in [0.4, 0.5) is 4.79 Å². The number of carbonyl (C=O) groups is 1. The van der Waals surface area contributed by atoms with Crippen molar-refractivity contribution in [3.05, 3.63) is 54.1 Å². The van der Waals surface area contributed by atoms with E-state index in [4.69, 9.17) is 5.11 Å². The fourth-order valence-electron chi connectivity index (χ4n) is 3.24. The first-order valence-corrected chi connectivity index (χ1v) is 12.0. The second-order valence-electron chi connectivity index (χ2n) is 6.91. The topological polar surface area (TPSA) is 121 Å². The highest BCUT2D eigenvalue weighted by Crippen LogP contribution is 2.26. The normalized spacial score (nSPS) is 16.0. The van der Waals surface area contributed by atoms with Gasteiger partial charge in [-0.3, -0.25) is 0 Å². The SMILES string of the molecule is Cc1ccc(S(=O)(=O)c2ccccc2)cc1S(=O)(=O)NC1CCN(C(=O)O)CC1. The van der Waals surface area contributed by atoms with Crippen LogP contribution >= 0.6 is 0 Å². The third-order valence-corrected chi connectivity index (χ3v) is 8.33. The summed E-state index contributed by atoms with van der Waals surface area (Å²) in [5.74, 6) is 0. The molecule has 1 fully saturated rings. The van der Waals surface area contributed by atoms with Crippen LogP contribution in [-0.4, -0.2) is 52.1 Å². The van der Waals surface area contributed by atoms with Gasteiger partial charge in [0.1, 0.15) is 0 Å². The zero-order valence-electron chi connectivity index (χ0n) is 15.8. The Bertz CT molecular complexity index is 1110. The van der Waals surface area contributed by atoms with Crippen LogP contribution in [0.3, 0.4) is 0 Å². The third kappa shape index (κ3) is 4.60. The molecule has 8 nitrogen and oxygen atoms in total. The van der Waals surface area contributed by atoms with Crippen molar-refractivity contribution < 1.29 is 26.7 Å². The summed E-state index contributed by atoms with van der Waals surface area (Å²) in [5, 5.41) is 9.00. The molecule has 10 heteroatoms. The molecule has 0 atom stereocenters. The quantitative estimate of drug-likeness (QED) is 0.739. The predicted molar refractivity (Wildman–Crippen MR) is 106 cm³/mol. The van der Waals surface area contributed by atoms with E-state index in [9.17, 15) is 21.6 Å². The fourth-order valence-corrected chi connectivity index (χ4v) is 6.20. The lowest BCUT2D eigenvalue weighted by Crippen LogP contribution is -2.46. The van der Waals surface area contributed by atoms with E-state index in [-0.39, 0.29) is 27.8 Å². The van der Waals surface area contributed by atoms with Gasteiger partial charge in [-0.1, -0.05) is 24.3 Å². The first kappa shape index (κ1) is 21.3. The molecule has 1 heterocycles. The van der Waals surface area contributed by atoms with E-state index in [0.717, 1.165) is 0 Å². The van der Waals surface area contributed by atoms with Gasteiger partial charge in [0, 0.05) is 19.1 Å². The number of sulfonamides is 1. The average molecular weight is 439 g/mol. The zero-order valence-corrected chi connectivity index (χ0v) is 17.4. The highest BCUT2D eigenvalue weighted by Gasteiger charge is 2.28. The summed E-state index contributed by atoms with van der Waals surface area (Å²) in [5.41, 5.74) is 0.424.